The number of aryl methyl sites for hydroxylation is 2. The Morgan fingerprint density at radius 2 is 2.24 bits per heavy atom. The normalized spacial score (nSPS) is 10.5. The lowest BCUT2D eigenvalue weighted by Crippen LogP contribution is -2.03. The second-order valence-corrected chi connectivity index (χ2v) is 5.50. The number of nitrogens with zero attached hydrogens (tertiary/aromatic N) is 1. The van der Waals surface area contributed by atoms with Crippen LogP contribution in [0, 0.1) is 13.8 Å². The molecule has 0 spiro atoms. The molecule has 2 rings (SSSR count). The fraction of sp³-hybridized carbons (Fsp3) is 0.333. The van der Waals surface area contributed by atoms with Gasteiger partial charge in [0.1, 0.15) is 9.88 Å². The standard InChI is InChI=1S/C12H13NO2S2/c1-4-15-12(14)10-8(3)13-11(17-10)9-7(2)5-6-16-9/h5-6H,4H2,1-3H3. The van der Waals surface area contributed by atoms with E-state index < -0.39 is 0 Å². The highest BCUT2D eigenvalue weighted by atomic mass is 32.1. The van der Waals surface area contributed by atoms with E-state index in [1.54, 1.807) is 18.3 Å². The van der Waals surface area contributed by atoms with Crippen molar-refractivity contribution in [1.29, 1.82) is 0 Å². The lowest BCUT2D eigenvalue weighted by molar-refractivity contribution is 0.0531. The fourth-order valence-electron chi connectivity index (χ4n) is 1.47. The third kappa shape index (κ3) is 2.40. The minimum atomic E-state index is -0.275. The van der Waals surface area contributed by atoms with Gasteiger partial charge in [0, 0.05) is 0 Å². The average Bonchev–Trinajstić information content (AvgIpc) is 2.84. The third-order valence-corrected chi connectivity index (χ3v) is 4.62. The molecule has 0 aromatic carbocycles. The predicted molar refractivity (Wildman–Crippen MR) is 70.9 cm³/mol. The van der Waals surface area contributed by atoms with Crippen molar-refractivity contribution in [2.24, 2.45) is 0 Å². The van der Waals surface area contributed by atoms with Crippen molar-refractivity contribution in [2.45, 2.75) is 20.8 Å². The smallest absolute Gasteiger partial charge is 0.350 e. The van der Waals surface area contributed by atoms with E-state index in [0.717, 1.165) is 15.6 Å². The zero-order valence-corrected chi connectivity index (χ0v) is 11.6. The van der Waals surface area contributed by atoms with Crippen molar-refractivity contribution in [1.82, 2.24) is 4.98 Å². The molecule has 0 saturated carbocycles. The first-order chi connectivity index (χ1) is 8.13. The van der Waals surface area contributed by atoms with Gasteiger partial charge in [0.15, 0.2) is 0 Å². The van der Waals surface area contributed by atoms with Gasteiger partial charge in [0.2, 0.25) is 0 Å². The molecule has 5 heteroatoms. The van der Waals surface area contributed by atoms with Crippen molar-refractivity contribution in [3.05, 3.63) is 27.6 Å². The highest BCUT2D eigenvalue weighted by Crippen LogP contribution is 2.34. The van der Waals surface area contributed by atoms with Crippen molar-refractivity contribution in [2.75, 3.05) is 6.61 Å². The number of aromatic nitrogens is 1. The van der Waals surface area contributed by atoms with Gasteiger partial charge in [-0.3, -0.25) is 0 Å². The molecule has 0 fully saturated rings. The van der Waals surface area contributed by atoms with Gasteiger partial charge in [-0.25, -0.2) is 9.78 Å². The monoisotopic (exact) mass is 267 g/mol. The van der Waals surface area contributed by atoms with E-state index >= 15 is 0 Å². The third-order valence-electron chi connectivity index (χ3n) is 2.31. The molecule has 2 aromatic rings. The summed E-state index contributed by atoms with van der Waals surface area (Å²) in [6, 6.07) is 2.06. The Morgan fingerprint density at radius 1 is 1.47 bits per heavy atom. The minimum absolute atomic E-state index is 0.275. The van der Waals surface area contributed by atoms with Crippen LogP contribution in [0.5, 0.6) is 0 Å². The summed E-state index contributed by atoms with van der Waals surface area (Å²) in [5.41, 5.74) is 1.94. The first kappa shape index (κ1) is 12.3. The number of esters is 1. The molecule has 2 heterocycles. The van der Waals surface area contributed by atoms with Gasteiger partial charge in [-0.1, -0.05) is 0 Å². The van der Waals surface area contributed by atoms with Gasteiger partial charge in [-0.15, -0.1) is 22.7 Å². The van der Waals surface area contributed by atoms with Crippen molar-refractivity contribution in [3.63, 3.8) is 0 Å². The van der Waals surface area contributed by atoms with Gasteiger partial charge < -0.3 is 4.74 Å². The van der Waals surface area contributed by atoms with Crippen LogP contribution in [-0.4, -0.2) is 17.6 Å². The summed E-state index contributed by atoms with van der Waals surface area (Å²) in [4.78, 5) is 17.9. The molecule has 0 bridgehead atoms. The molecule has 17 heavy (non-hydrogen) atoms. The molecule has 0 N–H and O–H groups in total. The summed E-state index contributed by atoms with van der Waals surface area (Å²) in [6.45, 7) is 6.09. The molecule has 0 aliphatic rings. The second-order valence-electron chi connectivity index (χ2n) is 3.59. The van der Waals surface area contributed by atoms with E-state index in [1.165, 1.54) is 16.9 Å². The number of rotatable bonds is 3. The van der Waals surface area contributed by atoms with Crippen LogP contribution < -0.4 is 0 Å². The number of thiazole rings is 1. The number of carbonyl (C=O) groups is 1. The molecule has 3 nitrogen and oxygen atoms in total. The molecule has 0 radical (unpaired) electrons. The minimum Gasteiger partial charge on any atom is -0.462 e. The Labute approximate surface area is 108 Å². The molecule has 2 aromatic heterocycles. The molecule has 0 aliphatic carbocycles. The van der Waals surface area contributed by atoms with Gasteiger partial charge in [0.05, 0.1) is 17.2 Å². The number of hydrogen-bond acceptors (Lipinski definition) is 5. The Kier molecular flexibility index (Phi) is 3.59. The van der Waals surface area contributed by atoms with Crippen LogP contribution in [0.1, 0.15) is 27.9 Å². The van der Waals surface area contributed by atoms with E-state index in [9.17, 15) is 4.79 Å². The van der Waals surface area contributed by atoms with Crippen molar-refractivity contribution in [3.8, 4) is 9.88 Å². The van der Waals surface area contributed by atoms with Crippen molar-refractivity contribution < 1.29 is 9.53 Å². The van der Waals surface area contributed by atoms with Crippen LogP contribution in [-0.2, 0) is 4.74 Å². The predicted octanol–water partition coefficient (Wildman–Crippen LogP) is 3.67. The van der Waals surface area contributed by atoms with E-state index in [4.69, 9.17) is 4.74 Å². The van der Waals surface area contributed by atoms with Crippen LogP contribution in [0.15, 0.2) is 11.4 Å². The average molecular weight is 267 g/mol. The first-order valence-corrected chi connectivity index (χ1v) is 7.02. The summed E-state index contributed by atoms with van der Waals surface area (Å²) in [5, 5.41) is 2.93. The number of carbonyl (C=O) groups excluding carboxylic acids is 1. The number of thiophene rings is 1. The maximum Gasteiger partial charge on any atom is 0.350 e. The molecular formula is C12H13NO2S2. The topological polar surface area (TPSA) is 39.2 Å². The Hall–Kier alpha value is -1.20. The zero-order valence-electron chi connectivity index (χ0n) is 9.94. The summed E-state index contributed by atoms with van der Waals surface area (Å²) in [7, 11) is 0. The van der Waals surface area contributed by atoms with E-state index in [1.807, 2.05) is 19.2 Å². The van der Waals surface area contributed by atoms with E-state index in [-0.39, 0.29) is 5.97 Å². The number of hydrogen-bond donors (Lipinski definition) is 0. The molecule has 0 saturated heterocycles. The zero-order chi connectivity index (χ0) is 12.4. The summed E-state index contributed by atoms with van der Waals surface area (Å²) >= 11 is 3.05. The van der Waals surface area contributed by atoms with Gasteiger partial charge in [-0.05, 0) is 37.8 Å². The maximum atomic E-state index is 11.7. The van der Waals surface area contributed by atoms with Crippen LogP contribution in [0.2, 0.25) is 0 Å². The second kappa shape index (κ2) is 4.98. The van der Waals surface area contributed by atoms with E-state index in [0.29, 0.717) is 11.5 Å². The largest absolute Gasteiger partial charge is 0.462 e. The molecule has 0 aliphatic heterocycles. The summed E-state index contributed by atoms with van der Waals surface area (Å²) in [5.74, 6) is -0.275. The highest BCUT2D eigenvalue weighted by molar-refractivity contribution is 7.22. The summed E-state index contributed by atoms with van der Waals surface area (Å²) < 4.78 is 5.00. The Morgan fingerprint density at radius 3 is 2.82 bits per heavy atom. The summed E-state index contributed by atoms with van der Waals surface area (Å²) in [6.07, 6.45) is 0. The number of ether oxygens (including phenoxy) is 1. The maximum absolute atomic E-state index is 11.7. The van der Waals surface area contributed by atoms with Gasteiger partial charge in [-0.2, -0.15) is 0 Å². The molecule has 90 valence electrons. The lowest BCUT2D eigenvalue weighted by Gasteiger charge is -1.97. The van der Waals surface area contributed by atoms with Crippen LogP contribution in [0.25, 0.3) is 9.88 Å². The van der Waals surface area contributed by atoms with Crippen LogP contribution >= 0.6 is 22.7 Å². The van der Waals surface area contributed by atoms with Crippen LogP contribution in [0.4, 0.5) is 0 Å². The van der Waals surface area contributed by atoms with Crippen LogP contribution in [0.3, 0.4) is 0 Å². The molecule has 0 unspecified atom stereocenters. The lowest BCUT2D eigenvalue weighted by atomic mass is 10.3. The van der Waals surface area contributed by atoms with E-state index in [2.05, 4.69) is 11.1 Å². The fourth-order valence-corrected chi connectivity index (χ4v) is 3.51. The molecule has 0 amide bonds. The highest BCUT2D eigenvalue weighted by Gasteiger charge is 2.18. The first-order valence-electron chi connectivity index (χ1n) is 5.32. The molecule has 0 atom stereocenters. The van der Waals surface area contributed by atoms with Crippen molar-refractivity contribution >= 4 is 28.6 Å². The van der Waals surface area contributed by atoms with Gasteiger partial charge in [0.25, 0.3) is 0 Å². The Bertz CT molecular complexity index is 542. The van der Waals surface area contributed by atoms with Gasteiger partial charge >= 0.3 is 5.97 Å². The SMILES string of the molecule is CCOC(=O)c1sc(-c2sccc2C)nc1C. The quantitative estimate of drug-likeness (QED) is 0.797. The Balaban J connectivity index is 2.37. The molecular weight excluding hydrogens is 254 g/mol.